The van der Waals surface area contributed by atoms with E-state index in [9.17, 15) is 9.18 Å². The second-order valence-corrected chi connectivity index (χ2v) is 7.79. The van der Waals surface area contributed by atoms with Crippen molar-refractivity contribution in [3.63, 3.8) is 0 Å². The summed E-state index contributed by atoms with van der Waals surface area (Å²) >= 11 is 0. The molecule has 4 aromatic rings. The summed E-state index contributed by atoms with van der Waals surface area (Å²) in [5.41, 5.74) is 5.35. The van der Waals surface area contributed by atoms with Gasteiger partial charge in [-0.05, 0) is 36.8 Å². The minimum absolute atomic E-state index is 0.00697. The lowest BCUT2D eigenvalue weighted by molar-refractivity contribution is -0.115. The van der Waals surface area contributed by atoms with Crippen LogP contribution in [0.4, 0.5) is 15.9 Å². The van der Waals surface area contributed by atoms with E-state index in [1.807, 2.05) is 37.3 Å². The van der Waals surface area contributed by atoms with E-state index in [1.165, 1.54) is 18.5 Å². The summed E-state index contributed by atoms with van der Waals surface area (Å²) in [5, 5.41) is 7.05. The summed E-state index contributed by atoms with van der Waals surface area (Å²) in [4.78, 5) is 20.3. The molecule has 1 amide bonds. The molecule has 0 saturated carbocycles. The molecule has 2 aromatic carbocycles. The van der Waals surface area contributed by atoms with E-state index in [0.29, 0.717) is 31.1 Å². The van der Waals surface area contributed by atoms with Crippen LogP contribution in [0.1, 0.15) is 11.3 Å². The first-order valence-corrected chi connectivity index (χ1v) is 10.3. The number of nitrogens with zero attached hydrogens (tertiary/aromatic N) is 3. The summed E-state index contributed by atoms with van der Waals surface area (Å²) in [6.07, 6.45) is 1.90. The Labute approximate surface area is 184 Å². The highest BCUT2D eigenvalue weighted by atomic mass is 19.1. The Morgan fingerprint density at radius 3 is 2.91 bits per heavy atom. The number of hydrogen-bond donors (Lipinski definition) is 2. The van der Waals surface area contributed by atoms with Gasteiger partial charge in [0.15, 0.2) is 0 Å². The molecule has 3 heterocycles. The number of carbonyl (C=O) groups excluding carboxylic acids is 1. The van der Waals surface area contributed by atoms with Crippen LogP contribution < -0.4 is 15.4 Å². The van der Waals surface area contributed by atoms with Crippen molar-refractivity contribution in [2.24, 2.45) is 0 Å². The second kappa shape index (κ2) is 7.96. The van der Waals surface area contributed by atoms with Crippen LogP contribution in [0.15, 0.2) is 48.8 Å². The summed E-state index contributed by atoms with van der Waals surface area (Å²) in [5.74, 6) is 0.907. The SMILES string of the molecule is COc1cc(F)cc2c1cc(C)n2CCNc1cc(-c2ccc3c(c2)CC(=O)N3)ncn1. The van der Waals surface area contributed by atoms with Gasteiger partial charge in [0.05, 0.1) is 24.7 Å². The molecule has 162 valence electrons. The molecule has 0 radical (unpaired) electrons. The molecule has 1 aliphatic heterocycles. The number of nitrogens with one attached hydrogen (secondary N) is 2. The Morgan fingerprint density at radius 1 is 1.19 bits per heavy atom. The molecule has 0 spiro atoms. The minimum Gasteiger partial charge on any atom is -0.496 e. The molecule has 0 unspecified atom stereocenters. The quantitative estimate of drug-likeness (QED) is 0.479. The van der Waals surface area contributed by atoms with Crippen LogP contribution in [0.3, 0.4) is 0 Å². The molecular formula is C24H22FN5O2. The van der Waals surface area contributed by atoms with Gasteiger partial charge in [-0.3, -0.25) is 4.79 Å². The zero-order valence-electron chi connectivity index (χ0n) is 17.8. The van der Waals surface area contributed by atoms with Crippen molar-refractivity contribution >= 4 is 28.3 Å². The molecule has 2 aromatic heterocycles. The molecule has 1 aliphatic rings. The maximum absolute atomic E-state index is 14.0. The van der Waals surface area contributed by atoms with E-state index in [-0.39, 0.29) is 11.7 Å². The third kappa shape index (κ3) is 3.64. The average molecular weight is 431 g/mol. The number of amides is 1. The third-order valence-electron chi connectivity index (χ3n) is 5.71. The van der Waals surface area contributed by atoms with Crippen molar-refractivity contribution in [1.82, 2.24) is 14.5 Å². The van der Waals surface area contributed by atoms with E-state index < -0.39 is 0 Å². The van der Waals surface area contributed by atoms with Gasteiger partial charge in [-0.1, -0.05) is 6.07 Å². The number of aryl methyl sites for hydroxylation is 1. The van der Waals surface area contributed by atoms with Crippen molar-refractivity contribution < 1.29 is 13.9 Å². The largest absolute Gasteiger partial charge is 0.496 e. The number of rotatable bonds is 6. The fraction of sp³-hybridized carbons (Fsp3) is 0.208. The van der Waals surface area contributed by atoms with Gasteiger partial charge in [0, 0.05) is 47.6 Å². The summed E-state index contributed by atoms with van der Waals surface area (Å²) in [6, 6.07) is 12.6. The normalized spacial score (nSPS) is 12.7. The third-order valence-corrected chi connectivity index (χ3v) is 5.71. The highest BCUT2D eigenvalue weighted by Gasteiger charge is 2.18. The number of aromatic nitrogens is 3. The minimum atomic E-state index is -0.326. The maximum Gasteiger partial charge on any atom is 0.228 e. The van der Waals surface area contributed by atoms with Gasteiger partial charge >= 0.3 is 0 Å². The van der Waals surface area contributed by atoms with Gasteiger partial charge in [-0.2, -0.15) is 0 Å². The van der Waals surface area contributed by atoms with Gasteiger partial charge in [-0.25, -0.2) is 14.4 Å². The molecule has 0 aliphatic carbocycles. The Balaban J connectivity index is 1.33. The number of hydrogen-bond acceptors (Lipinski definition) is 5. The smallest absolute Gasteiger partial charge is 0.228 e. The number of benzene rings is 2. The molecule has 7 nitrogen and oxygen atoms in total. The van der Waals surface area contributed by atoms with Gasteiger partial charge < -0.3 is 19.9 Å². The highest BCUT2D eigenvalue weighted by Crippen LogP contribution is 2.31. The predicted molar refractivity (Wildman–Crippen MR) is 121 cm³/mol. The predicted octanol–water partition coefficient (Wildman–Crippen LogP) is 4.16. The van der Waals surface area contributed by atoms with Crippen molar-refractivity contribution in [1.29, 1.82) is 0 Å². The van der Waals surface area contributed by atoms with Crippen LogP contribution >= 0.6 is 0 Å². The summed E-state index contributed by atoms with van der Waals surface area (Å²) in [7, 11) is 1.55. The standard InChI is InChI=1S/C24H22FN5O2/c1-14-7-18-21(10-17(25)11-22(18)32-2)30(14)6-5-26-23-12-20(27-13-28-23)15-3-4-19-16(8-15)9-24(31)29-19/h3-4,7-8,10-13H,5-6,9H2,1-2H3,(H,29,31)(H,26,27,28). The molecule has 32 heavy (non-hydrogen) atoms. The lowest BCUT2D eigenvalue weighted by Crippen LogP contribution is -2.12. The summed E-state index contributed by atoms with van der Waals surface area (Å²) in [6.45, 7) is 3.23. The zero-order valence-corrected chi connectivity index (χ0v) is 17.8. The van der Waals surface area contributed by atoms with Crippen molar-refractivity contribution in [3.05, 3.63) is 65.9 Å². The Bertz CT molecular complexity index is 1350. The number of anilines is 2. The van der Waals surface area contributed by atoms with Crippen LogP contribution in [-0.4, -0.2) is 34.1 Å². The monoisotopic (exact) mass is 431 g/mol. The Morgan fingerprint density at radius 2 is 2.06 bits per heavy atom. The van der Waals surface area contributed by atoms with E-state index in [0.717, 1.165) is 39.1 Å². The zero-order chi connectivity index (χ0) is 22.2. The molecule has 0 saturated heterocycles. The van der Waals surface area contributed by atoms with Gasteiger partial charge in [0.1, 0.15) is 23.7 Å². The fourth-order valence-electron chi connectivity index (χ4n) is 4.19. The molecule has 5 rings (SSSR count). The summed E-state index contributed by atoms with van der Waals surface area (Å²) < 4.78 is 21.4. The molecule has 0 fully saturated rings. The van der Waals surface area contributed by atoms with Gasteiger partial charge in [0.2, 0.25) is 5.91 Å². The fourth-order valence-corrected chi connectivity index (χ4v) is 4.19. The number of halogens is 1. The first kappa shape index (κ1) is 20.0. The average Bonchev–Trinajstić information content (AvgIpc) is 3.31. The lowest BCUT2D eigenvalue weighted by Gasteiger charge is -2.11. The molecule has 2 N–H and O–H groups in total. The van der Waals surface area contributed by atoms with E-state index >= 15 is 0 Å². The number of methoxy groups -OCH3 is 1. The van der Waals surface area contributed by atoms with Crippen LogP contribution in [-0.2, 0) is 17.8 Å². The van der Waals surface area contributed by atoms with Crippen LogP contribution in [0.2, 0.25) is 0 Å². The molecule has 0 atom stereocenters. The van der Waals surface area contributed by atoms with Crippen molar-refractivity contribution in [3.8, 4) is 17.0 Å². The number of fused-ring (bicyclic) bond motifs is 2. The topological polar surface area (TPSA) is 81.1 Å². The molecule has 8 heteroatoms. The number of carbonyl (C=O) groups is 1. The van der Waals surface area contributed by atoms with Gasteiger partial charge in [0.25, 0.3) is 0 Å². The van der Waals surface area contributed by atoms with Crippen molar-refractivity contribution in [2.45, 2.75) is 19.9 Å². The van der Waals surface area contributed by atoms with E-state index in [1.54, 1.807) is 7.11 Å². The maximum atomic E-state index is 14.0. The van der Waals surface area contributed by atoms with Crippen LogP contribution in [0, 0.1) is 12.7 Å². The van der Waals surface area contributed by atoms with Crippen LogP contribution in [0.5, 0.6) is 5.75 Å². The van der Waals surface area contributed by atoms with Crippen LogP contribution in [0.25, 0.3) is 22.2 Å². The van der Waals surface area contributed by atoms with Crippen molar-refractivity contribution in [2.75, 3.05) is 24.3 Å². The highest BCUT2D eigenvalue weighted by molar-refractivity contribution is 5.99. The Kier molecular flexibility index (Phi) is 4.97. The van der Waals surface area contributed by atoms with E-state index in [2.05, 4.69) is 25.2 Å². The number of ether oxygens (including phenoxy) is 1. The van der Waals surface area contributed by atoms with Gasteiger partial charge in [-0.15, -0.1) is 0 Å². The first-order valence-electron chi connectivity index (χ1n) is 10.3. The van der Waals surface area contributed by atoms with E-state index in [4.69, 9.17) is 4.74 Å². The molecular weight excluding hydrogens is 409 g/mol. The Hall–Kier alpha value is -3.94. The lowest BCUT2D eigenvalue weighted by atomic mass is 10.1. The first-order chi connectivity index (χ1) is 15.5. The molecule has 0 bridgehead atoms. The second-order valence-electron chi connectivity index (χ2n) is 7.79.